The van der Waals surface area contributed by atoms with Gasteiger partial charge < -0.3 is 15.0 Å². The molecular weight excluding hydrogens is 238 g/mol. The SMILES string of the molecule is CSCc1noc(COc2ccccc2N)n1. The molecule has 0 bridgehead atoms. The van der Waals surface area contributed by atoms with Crippen LogP contribution in [0.15, 0.2) is 28.8 Å². The van der Waals surface area contributed by atoms with E-state index >= 15 is 0 Å². The summed E-state index contributed by atoms with van der Waals surface area (Å²) in [5, 5.41) is 3.82. The van der Waals surface area contributed by atoms with Gasteiger partial charge in [-0.05, 0) is 18.4 Å². The van der Waals surface area contributed by atoms with E-state index in [0.29, 0.717) is 23.2 Å². The van der Waals surface area contributed by atoms with Gasteiger partial charge >= 0.3 is 0 Å². The largest absolute Gasteiger partial charge is 0.482 e. The number of para-hydroxylation sites is 2. The van der Waals surface area contributed by atoms with E-state index in [2.05, 4.69) is 10.1 Å². The molecule has 5 nitrogen and oxygen atoms in total. The minimum absolute atomic E-state index is 0.232. The topological polar surface area (TPSA) is 74.2 Å². The van der Waals surface area contributed by atoms with E-state index in [1.54, 1.807) is 23.9 Å². The predicted molar refractivity (Wildman–Crippen MR) is 66.7 cm³/mol. The van der Waals surface area contributed by atoms with E-state index < -0.39 is 0 Å². The molecule has 0 atom stereocenters. The van der Waals surface area contributed by atoms with Crippen LogP contribution in [0.4, 0.5) is 5.69 Å². The molecular formula is C11H13N3O2S. The molecule has 0 saturated carbocycles. The third kappa shape index (κ3) is 3.13. The van der Waals surface area contributed by atoms with Gasteiger partial charge in [0.1, 0.15) is 5.75 Å². The Bertz CT molecular complexity index is 487. The van der Waals surface area contributed by atoms with Gasteiger partial charge in [0, 0.05) is 0 Å². The summed E-state index contributed by atoms with van der Waals surface area (Å²) in [4.78, 5) is 4.18. The summed E-state index contributed by atoms with van der Waals surface area (Å²) in [6.07, 6.45) is 1.98. The van der Waals surface area contributed by atoms with Crippen molar-refractivity contribution in [2.45, 2.75) is 12.4 Å². The molecule has 6 heteroatoms. The molecule has 1 aromatic heterocycles. The smallest absolute Gasteiger partial charge is 0.264 e. The summed E-state index contributed by atoms with van der Waals surface area (Å²) in [6, 6.07) is 7.29. The van der Waals surface area contributed by atoms with Crippen LogP contribution in [-0.2, 0) is 12.4 Å². The third-order valence-electron chi connectivity index (χ3n) is 2.05. The molecule has 2 N–H and O–H groups in total. The number of hydrogen-bond donors (Lipinski definition) is 1. The molecule has 17 heavy (non-hydrogen) atoms. The molecule has 0 saturated heterocycles. The number of hydrogen-bond acceptors (Lipinski definition) is 6. The third-order valence-corrected chi connectivity index (χ3v) is 2.60. The molecule has 0 amide bonds. The van der Waals surface area contributed by atoms with E-state index in [1.165, 1.54) is 0 Å². The van der Waals surface area contributed by atoms with Crippen molar-refractivity contribution in [1.82, 2.24) is 10.1 Å². The first-order valence-corrected chi connectivity index (χ1v) is 6.46. The second-order valence-electron chi connectivity index (χ2n) is 3.36. The maximum Gasteiger partial charge on any atom is 0.264 e. The van der Waals surface area contributed by atoms with E-state index in [9.17, 15) is 0 Å². The summed E-state index contributed by atoms with van der Waals surface area (Å²) in [6.45, 7) is 0.232. The second kappa shape index (κ2) is 5.58. The van der Waals surface area contributed by atoms with Gasteiger partial charge in [0.05, 0.1) is 11.4 Å². The van der Waals surface area contributed by atoms with Gasteiger partial charge in [0.25, 0.3) is 5.89 Å². The summed E-state index contributed by atoms with van der Waals surface area (Å²) in [7, 11) is 0. The van der Waals surface area contributed by atoms with E-state index in [0.717, 1.165) is 5.75 Å². The molecule has 0 fully saturated rings. The first-order chi connectivity index (χ1) is 8.29. The van der Waals surface area contributed by atoms with E-state index in [4.69, 9.17) is 15.0 Å². The van der Waals surface area contributed by atoms with Crippen LogP contribution in [0.2, 0.25) is 0 Å². The molecule has 0 aliphatic carbocycles. The first kappa shape index (κ1) is 11.8. The van der Waals surface area contributed by atoms with Gasteiger partial charge in [-0.3, -0.25) is 0 Å². The van der Waals surface area contributed by atoms with Crippen molar-refractivity contribution < 1.29 is 9.26 Å². The van der Waals surface area contributed by atoms with Crippen molar-refractivity contribution in [3.05, 3.63) is 36.0 Å². The van der Waals surface area contributed by atoms with Crippen LogP contribution < -0.4 is 10.5 Å². The van der Waals surface area contributed by atoms with Crippen LogP contribution in [0.3, 0.4) is 0 Å². The minimum Gasteiger partial charge on any atom is -0.482 e. The van der Waals surface area contributed by atoms with Gasteiger partial charge in [-0.25, -0.2) is 0 Å². The Morgan fingerprint density at radius 2 is 2.24 bits per heavy atom. The average Bonchev–Trinajstić information content (AvgIpc) is 2.76. The van der Waals surface area contributed by atoms with Crippen molar-refractivity contribution >= 4 is 17.4 Å². The molecule has 0 radical (unpaired) electrons. The normalized spacial score (nSPS) is 10.4. The Labute approximate surface area is 103 Å². The summed E-state index contributed by atoms with van der Waals surface area (Å²) in [5.74, 6) is 2.49. The lowest BCUT2D eigenvalue weighted by Gasteiger charge is -2.05. The highest BCUT2D eigenvalue weighted by molar-refractivity contribution is 7.97. The predicted octanol–water partition coefficient (Wildman–Crippen LogP) is 2.09. The van der Waals surface area contributed by atoms with Crippen molar-refractivity contribution in [3.8, 4) is 5.75 Å². The number of nitrogens with zero attached hydrogens (tertiary/aromatic N) is 2. The fraction of sp³-hybridized carbons (Fsp3) is 0.273. The summed E-state index contributed by atoms with van der Waals surface area (Å²) < 4.78 is 10.5. The molecule has 90 valence electrons. The number of ether oxygens (including phenoxy) is 1. The lowest BCUT2D eigenvalue weighted by Crippen LogP contribution is -1.98. The van der Waals surface area contributed by atoms with Crippen molar-refractivity contribution in [1.29, 1.82) is 0 Å². The van der Waals surface area contributed by atoms with Gasteiger partial charge in [-0.1, -0.05) is 17.3 Å². The van der Waals surface area contributed by atoms with Crippen LogP contribution in [-0.4, -0.2) is 16.4 Å². The van der Waals surface area contributed by atoms with Crippen molar-refractivity contribution in [2.75, 3.05) is 12.0 Å². The van der Waals surface area contributed by atoms with Gasteiger partial charge in [0.15, 0.2) is 12.4 Å². The van der Waals surface area contributed by atoms with Crippen molar-refractivity contribution in [2.24, 2.45) is 0 Å². The lowest BCUT2D eigenvalue weighted by atomic mass is 10.3. The lowest BCUT2D eigenvalue weighted by molar-refractivity contribution is 0.243. The number of aromatic nitrogens is 2. The Hall–Kier alpha value is -1.69. The Morgan fingerprint density at radius 1 is 1.41 bits per heavy atom. The van der Waals surface area contributed by atoms with E-state index in [-0.39, 0.29) is 6.61 Å². The van der Waals surface area contributed by atoms with Crippen LogP contribution in [0.1, 0.15) is 11.7 Å². The molecule has 0 spiro atoms. The minimum atomic E-state index is 0.232. The highest BCUT2D eigenvalue weighted by atomic mass is 32.2. The summed E-state index contributed by atoms with van der Waals surface area (Å²) >= 11 is 1.64. The highest BCUT2D eigenvalue weighted by Crippen LogP contribution is 2.20. The zero-order chi connectivity index (χ0) is 12.1. The highest BCUT2D eigenvalue weighted by Gasteiger charge is 2.07. The molecule has 1 heterocycles. The zero-order valence-corrected chi connectivity index (χ0v) is 10.2. The molecule has 2 rings (SSSR count). The van der Waals surface area contributed by atoms with Crippen LogP contribution in [0.5, 0.6) is 5.75 Å². The number of anilines is 1. The zero-order valence-electron chi connectivity index (χ0n) is 9.42. The maximum atomic E-state index is 5.74. The van der Waals surface area contributed by atoms with Crippen molar-refractivity contribution in [3.63, 3.8) is 0 Å². The summed E-state index contributed by atoms with van der Waals surface area (Å²) in [5.41, 5.74) is 6.34. The fourth-order valence-electron chi connectivity index (χ4n) is 1.29. The van der Waals surface area contributed by atoms with E-state index in [1.807, 2.05) is 18.4 Å². The second-order valence-corrected chi connectivity index (χ2v) is 4.23. The Morgan fingerprint density at radius 3 is 3.00 bits per heavy atom. The number of benzene rings is 1. The van der Waals surface area contributed by atoms with Crippen LogP contribution in [0.25, 0.3) is 0 Å². The number of nitrogen functional groups attached to an aromatic ring is 1. The maximum absolute atomic E-state index is 5.74. The number of rotatable bonds is 5. The average molecular weight is 251 g/mol. The number of nitrogens with two attached hydrogens (primary N) is 1. The number of thioether (sulfide) groups is 1. The molecule has 0 unspecified atom stereocenters. The molecule has 1 aromatic carbocycles. The fourth-order valence-corrected chi connectivity index (χ4v) is 1.66. The molecule has 2 aromatic rings. The molecule has 0 aliphatic rings. The molecule has 0 aliphatic heterocycles. The van der Waals surface area contributed by atoms with Gasteiger partial charge in [-0.15, -0.1) is 0 Å². The monoisotopic (exact) mass is 251 g/mol. The van der Waals surface area contributed by atoms with Gasteiger partial charge in [-0.2, -0.15) is 16.7 Å². The Balaban J connectivity index is 1.95. The quantitative estimate of drug-likeness (QED) is 0.820. The van der Waals surface area contributed by atoms with Crippen LogP contribution >= 0.6 is 11.8 Å². The standard InChI is InChI=1S/C11H13N3O2S/c1-17-7-10-13-11(16-14-10)6-15-9-5-3-2-4-8(9)12/h2-5H,6-7,12H2,1H3. The van der Waals surface area contributed by atoms with Gasteiger partial charge in [0.2, 0.25) is 0 Å². The van der Waals surface area contributed by atoms with Crippen LogP contribution in [0, 0.1) is 0 Å². The Kier molecular flexibility index (Phi) is 3.87. The first-order valence-electron chi connectivity index (χ1n) is 5.07.